The molecule has 0 radical (unpaired) electrons. The van der Waals surface area contributed by atoms with Crippen molar-refractivity contribution in [1.82, 2.24) is 19.2 Å². The van der Waals surface area contributed by atoms with Crippen molar-refractivity contribution >= 4 is 49.0 Å². The van der Waals surface area contributed by atoms with Crippen molar-refractivity contribution in [2.75, 3.05) is 0 Å². The molecular formula is C32H20N4. The number of nitrogens with zero attached hydrogens (tertiary/aromatic N) is 4. The van der Waals surface area contributed by atoms with Gasteiger partial charge in [-0.2, -0.15) is 0 Å². The summed E-state index contributed by atoms with van der Waals surface area (Å²) in [5, 5.41) is 16.4. The van der Waals surface area contributed by atoms with Crippen LogP contribution in [0.25, 0.3) is 66.1 Å². The minimum atomic E-state index is 0.848. The highest BCUT2D eigenvalue weighted by Crippen LogP contribution is 2.37. The van der Waals surface area contributed by atoms with Crippen molar-refractivity contribution in [3.05, 3.63) is 121 Å². The van der Waals surface area contributed by atoms with Gasteiger partial charge in [0, 0.05) is 33.3 Å². The van der Waals surface area contributed by atoms with Crippen molar-refractivity contribution in [2.24, 2.45) is 0 Å². The molecule has 8 rings (SSSR count). The number of fused-ring (bicyclic) bond motifs is 7. The molecule has 4 heteroatoms. The summed E-state index contributed by atoms with van der Waals surface area (Å²) >= 11 is 0. The highest BCUT2D eigenvalue weighted by molar-refractivity contribution is 6.11. The Morgan fingerprint density at radius 2 is 1.11 bits per heavy atom. The molecule has 0 aliphatic carbocycles. The summed E-state index contributed by atoms with van der Waals surface area (Å²) in [6.07, 6.45) is 2.07. The first kappa shape index (κ1) is 19.4. The van der Waals surface area contributed by atoms with Crippen LogP contribution >= 0.6 is 0 Å². The lowest BCUT2D eigenvalue weighted by atomic mass is 10.0. The fourth-order valence-electron chi connectivity index (χ4n) is 5.67. The van der Waals surface area contributed by atoms with Crippen molar-refractivity contribution in [3.8, 4) is 17.1 Å². The minimum Gasteiger partial charge on any atom is -0.309 e. The molecule has 0 N–H and O–H groups in total. The van der Waals surface area contributed by atoms with E-state index in [-0.39, 0.29) is 0 Å². The van der Waals surface area contributed by atoms with Crippen molar-refractivity contribution in [1.29, 1.82) is 0 Å². The molecule has 0 aliphatic rings. The van der Waals surface area contributed by atoms with Crippen LogP contribution in [0.5, 0.6) is 0 Å². The van der Waals surface area contributed by atoms with Crippen LogP contribution in [0.1, 0.15) is 0 Å². The summed E-state index contributed by atoms with van der Waals surface area (Å²) in [4.78, 5) is 0. The van der Waals surface area contributed by atoms with Crippen molar-refractivity contribution in [3.63, 3.8) is 0 Å². The Labute approximate surface area is 206 Å². The molecule has 0 unspecified atom stereocenters. The second kappa shape index (κ2) is 7.27. The molecule has 0 aliphatic heterocycles. The van der Waals surface area contributed by atoms with E-state index in [1.807, 2.05) is 6.07 Å². The standard InChI is InChI=1S/C32H20N4/c1-2-10-22-21(9-1)19-20-35-31(22)33-34-32(35)27-15-7-14-24-23(27)13-8-18-30(24)36-28-16-5-3-11-25(28)26-12-4-6-17-29(26)36/h1-20H. The van der Waals surface area contributed by atoms with E-state index >= 15 is 0 Å². The third-order valence-electron chi connectivity index (χ3n) is 7.26. The summed E-state index contributed by atoms with van der Waals surface area (Å²) in [5.74, 6) is 0.848. The van der Waals surface area contributed by atoms with E-state index in [9.17, 15) is 0 Å². The fraction of sp³-hybridized carbons (Fsp3) is 0. The van der Waals surface area contributed by atoms with Crippen LogP contribution in [0.2, 0.25) is 0 Å². The van der Waals surface area contributed by atoms with E-state index in [2.05, 4.69) is 135 Å². The van der Waals surface area contributed by atoms with Crippen LogP contribution in [0.3, 0.4) is 0 Å². The van der Waals surface area contributed by atoms with E-state index < -0.39 is 0 Å². The predicted molar refractivity (Wildman–Crippen MR) is 148 cm³/mol. The van der Waals surface area contributed by atoms with Gasteiger partial charge in [-0.25, -0.2) is 0 Å². The Balaban J connectivity index is 1.44. The second-order valence-electron chi connectivity index (χ2n) is 9.17. The van der Waals surface area contributed by atoms with Gasteiger partial charge < -0.3 is 4.57 Å². The van der Waals surface area contributed by atoms with E-state index in [0.29, 0.717) is 0 Å². The van der Waals surface area contributed by atoms with Gasteiger partial charge >= 0.3 is 0 Å². The number of aromatic nitrogens is 4. The lowest BCUT2D eigenvalue weighted by molar-refractivity contribution is 1.11. The maximum Gasteiger partial charge on any atom is 0.168 e. The molecule has 8 aromatic rings. The molecule has 0 atom stereocenters. The average Bonchev–Trinajstić information content (AvgIpc) is 3.52. The van der Waals surface area contributed by atoms with Gasteiger partial charge in [0.2, 0.25) is 0 Å². The second-order valence-corrected chi connectivity index (χ2v) is 9.17. The summed E-state index contributed by atoms with van der Waals surface area (Å²) in [5.41, 5.74) is 5.51. The Hall–Kier alpha value is -4.96. The summed E-state index contributed by atoms with van der Waals surface area (Å²) in [6.45, 7) is 0. The van der Waals surface area contributed by atoms with Crippen LogP contribution < -0.4 is 0 Å². The van der Waals surface area contributed by atoms with E-state index in [0.717, 1.165) is 38.9 Å². The number of rotatable bonds is 2. The largest absolute Gasteiger partial charge is 0.309 e. The zero-order valence-corrected chi connectivity index (χ0v) is 19.3. The van der Waals surface area contributed by atoms with E-state index in [4.69, 9.17) is 0 Å². The van der Waals surface area contributed by atoms with Gasteiger partial charge in [0.25, 0.3) is 0 Å². The Kier molecular flexibility index (Phi) is 3.91. The maximum atomic E-state index is 4.66. The number of pyridine rings is 1. The van der Waals surface area contributed by atoms with Crippen molar-refractivity contribution in [2.45, 2.75) is 0 Å². The first-order chi connectivity index (χ1) is 17.9. The highest BCUT2D eigenvalue weighted by atomic mass is 15.2. The Morgan fingerprint density at radius 1 is 0.472 bits per heavy atom. The third-order valence-corrected chi connectivity index (χ3v) is 7.26. The molecule has 0 saturated heterocycles. The first-order valence-electron chi connectivity index (χ1n) is 12.1. The first-order valence-corrected chi connectivity index (χ1v) is 12.1. The summed E-state index contributed by atoms with van der Waals surface area (Å²) in [6, 6.07) is 40.7. The molecule has 0 amide bonds. The topological polar surface area (TPSA) is 35.1 Å². The number of para-hydroxylation sites is 2. The van der Waals surface area contributed by atoms with Crippen LogP contribution in [0.15, 0.2) is 121 Å². The van der Waals surface area contributed by atoms with Crippen LogP contribution in [-0.2, 0) is 0 Å². The SMILES string of the molecule is c1ccc2c(c1)ccn1c(-c3cccc4c(-n5c6ccccc6c6ccccc65)cccc34)nnc21. The highest BCUT2D eigenvalue weighted by Gasteiger charge is 2.17. The van der Waals surface area contributed by atoms with Gasteiger partial charge in [-0.1, -0.05) is 91.0 Å². The molecule has 0 spiro atoms. The Bertz CT molecular complexity index is 2060. The molecule has 0 bridgehead atoms. The van der Waals surface area contributed by atoms with E-state index in [1.54, 1.807) is 0 Å². The normalized spacial score (nSPS) is 11.9. The third kappa shape index (κ3) is 2.58. The zero-order chi connectivity index (χ0) is 23.6. The molecular weight excluding hydrogens is 440 g/mol. The van der Waals surface area contributed by atoms with Crippen molar-refractivity contribution < 1.29 is 0 Å². The van der Waals surface area contributed by atoms with Gasteiger partial charge in [-0.15, -0.1) is 10.2 Å². The van der Waals surface area contributed by atoms with Gasteiger partial charge in [-0.05, 0) is 35.0 Å². The lowest BCUT2D eigenvalue weighted by Gasteiger charge is -2.13. The molecule has 36 heavy (non-hydrogen) atoms. The number of benzene rings is 5. The van der Waals surface area contributed by atoms with Gasteiger partial charge in [0.05, 0.1) is 16.7 Å². The molecule has 3 heterocycles. The van der Waals surface area contributed by atoms with Crippen LogP contribution in [0.4, 0.5) is 0 Å². The molecule has 3 aromatic heterocycles. The van der Waals surface area contributed by atoms with Gasteiger partial charge in [0.1, 0.15) is 0 Å². The predicted octanol–water partition coefficient (Wildman–Crippen LogP) is 7.80. The fourth-order valence-corrected chi connectivity index (χ4v) is 5.67. The number of hydrogen-bond acceptors (Lipinski definition) is 2. The quantitative estimate of drug-likeness (QED) is 0.264. The summed E-state index contributed by atoms with van der Waals surface area (Å²) in [7, 11) is 0. The smallest absolute Gasteiger partial charge is 0.168 e. The Morgan fingerprint density at radius 3 is 1.92 bits per heavy atom. The summed E-state index contributed by atoms with van der Waals surface area (Å²) < 4.78 is 4.48. The lowest BCUT2D eigenvalue weighted by Crippen LogP contribution is -1.96. The van der Waals surface area contributed by atoms with Crippen LogP contribution in [-0.4, -0.2) is 19.2 Å². The average molecular weight is 461 g/mol. The number of hydrogen-bond donors (Lipinski definition) is 0. The molecule has 168 valence electrons. The molecule has 0 fully saturated rings. The monoisotopic (exact) mass is 460 g/mol. The van der Waals surface area contributed by atoms with Gasteiger partial charge in [0.15, 0.2) is 11.5 Å². The molecule has 5 aromatic carbocycles. The molecule has 4 nitrogen and oxygen atoms in total. The minimum absolute atomic E-state index is 0.848. The molecule has 0 saturated carbocycles. The maximum absolute atomic E-state index is 4.66. The van der Waals surface area contributed by atoms with E-state index in [1.165, 1.54) is 27.2 Å². The van der Waals surface area contributed by atoms with Crippen LogP contribution in [0, 0.1) is 0 Å². The van der Waals surface area contributed by atoms with Gasteiger partial charge in [-0.3, -0.25) is 4.40 Å². The zero-order valence-electron chi connectivity index (χ0n) is 19.3.